The van der Waals surface area contributed by atoms with Gasteiger partial charge in [0.05, 0.1) is 6.54 Å². The Labute approximate surface area is 177 Å². The van der Waals surface area contributed by atoms with E-state index in [4.69, 9.17) is 0 Å². The van der Waals surface area contributed by atoms with Gasteiger partial charge in [-0.15, -0.1) is 0 Å². The molecule has 0 saturated carbocycles. The maximum Gasteiger partial charge on any atom is 0.248 e. The van der Waals surface area contributed by atoms with E-state index >= 15 is 0 Å². The van der Waals surface area contributed by atoms with E-state index < -0.39 is 20.9 Å². The highest BCUT2D eigenvalue weighted by Crippen LogP contribution is 2.27. The Bertz CT molecular complexity index is 799. The summed E-state index contributed by atoms with van der Waals surface area (Å²) in [6.45, 7) is 4.80. The third-order valence-electron chi connectivity index (χ3n) is 4.05. The van der Waals surface area contributed by atoms with E-state index in [0.717, 1.165) is 0 Å². The van der Waals surface area contributed by atoms with Crippen molar-refractivity contribution in [3.63, 3.8) is 0 Å². The van der Waals surface area contributed by atoms with Crippen LogP contribution < -0.4 is 9.80 Å². The number of rotatable bonds is 6. The van der Waals surface area contributed by atoms with E-state index in [-0.39, 0.29) is 29.9 Å². The third kappa shape index (κ3) is 6.98. The second-order valence-corrected chi connectivity index (χ2v) is 9.53. The molecule has 2 amide bonds. The summed E-state index contributed by atoms with van der Waals surface area (Å²) in [5, 5.41) is 9.68. The van der Waals surface area contributed by atoms with E-state index in [1.807, 2.05) is 14.1 Å². The normalized spacial score (nSPS) is 18.4. The van der Waals surface area contributed by atoms with Crippen LogP contribution in [0.3, 0.4) is 0 Å². The van der Waals surface area contributed by atoms with Crippen molar-refractivity contribution in [2.75, 3.05) is 44.0 Å². The molecular formula is C18H30N4O5S2. The number of anilines is 2. The average Bonchev–Trinajstić information content (AvgIpc) is 3.01. The van der Waals surface area contributed by atoms with Crippen LogP contribution in [0.15, 0.2) is 24.3 Å². The number of hydrogen-bond acceptors (Lipinski definition) is 6. The second kappa shape index (κ2) is 11.0. The fourth-order valence-electron chi connectivity index (χ4n) is 2.66. The van der Waals surface area contributed by atoms with Gasteiger partial charge in [-0.1, -0.05) is 24.7 Å². The molecule has 1 aromatic rings. The van der Waals surface area contributed by atoms with Gasteiger partial charge in [0.15, 0.2) is 0 Å². The highest BCUT2D eigenvalue weighted by molar-refractivity contribution is 8.28. The van der Waals surface area contributed by atoms with Crippen LogP contribution in [-0.4, -0.2) is 75.4 Å². The Kier molecular flexibility index (Phi) is 9.59. The maximum absolute atomic E-state index is 12.4. The summed E-state index contributed by atoms with van der Waals surface area (Å²) < 4.78 is 20.6. The lowest BCUT2D eigenvalue weighted by Gasteiger charge is -2.22. The summed E-state index contributed by atoms with van der Waals surface area (Å²) in [6, 6.07) is 5.63. The van der Waals surface area contributed by atoms with Crippen molar-refractivity contribution < 1.29 is 23.6 Å². The van der Waals surface area contributed by atoms with Crippen molar-refractivity contribution in [1.82, 2.24) is 9.37 Å². The van der Waals surface area contributed by atoms with Gasteiger partial charge in [-0.25, -0.2) is 4.21 Å². The first-order chi connectivity index (χ1) is 13.4. The van der Waals surface area contributed by atoms with E-state index in [2.05, 4.69) is 25.0 Å². The van der Waals surface area contributed by atoms with Gasteiger partial charge in [0.1, 0.15) is 6.04 Å². The molecule has 0 bridgehead atoms. The van der Waals surface area contributed by atoms with Gasteiger partial charge < -0.3 is 14.7 Å². The summed E-state index contributed by atoms with van der Waals surface area (Å²) in [7, 11) is 1.25. The van der Waals surface area contributed by atoms with Crippen LogP contribution in [0.5, 0.6) is 0 Å². The number of hydroxylamine groups is 1. The van der Waals surface area contributed by atoms with E-state index in [0.29, 0.717) is 11.4 Å². The maximum atomic E-state index is 12.4. The number of likely N-dealkylation sites (N-methyl/N-ethyl adjacent to an activating group) is 2. The first-order valence-electron chi connectivity index (χ1n) is 9.22. The lowest BCUT2D eigenvalue weighted by atomic mass is 10.2. The van der Waals surface area contributed by atoms with Crippen LogP contribution in [0.25, 0.3) is 0 Å². The van der Waals surface area contributed by atoms with Crippen molar-refractivity contribution in [2.24, 2.45) is 0 Å². The standard InChI is InChI=1S/C15H22N4O5S2.C3H8/c1-16(2)10-14(20)17(3)11-4-6-12(7-5-11)18-9-8-13(15(18)21)19(22)26(23,24)25;1-3-2/h4-7,13,22H,8-10H2,1-3H3,(H,23,24,25);3H2,1-2H3. The Balaban J connectivity index is 0.00000132. The molecule has 1 saturated heterocycles. The molecule has 0 aromatic heterocycles. The molecule has 1 aliphatic heterocycles. The molecule has 0 aliphatic carbocycles. The average molecular weight is 447 g/mol. The quantitative estimate of drug-likeness (QED) is 0.639. The van der Waals surface area contributed by atoms with Crippen LogP contribution in [0.2, 0.25) is 0 Å². The van der Waals surface area contributed by atoms with Gasteiger partial charge in [0.25, 0.3) is 0 Å². The zero-order chi connectivity index (χ0) is 22.4. The zero-order valence-corrected chi connectivity index (χ0v) is 19.1. The van der Waals surface area contributed by atoms with Crippen LogP contribution in [0, 0.1) is 0 Å². The van der Waals surface area contributed by atoms with E-state index in [9.17, 15) is 23.6 Å². The van der Waals surface area contributed by atoms with Crippen LogP contribution in [-0.2, 0) is 29.7 Å². The summed E-state index contributed by atoms with van der Waals surface area (Å²) in [5.41, 5.74) is 1.24. The Morgan fingerprint density at radius 1 is 1.24 bits per heavy atom. The molecule has 1 heterocycles. The van der Waals surface area contributed by atoms with E-state index in [1.165, 1.54) is 16.2 Å². The van der Waals surface area contributed by atoms with Crippen LogP contribution in [0.4, 0.5) is 11.4 Å². The number of nitrogens with zero attached hydrogens (tertiary/aromatic N) is 4. The molecule has 1 aliphatic rings. The Morgan fingerprint density at radius 3 is 2.21 bits per heavy atom. The smallest absolute Gasteiger partial charge is 0.248 e. The Hall–Kier alpha value is -1.63. The molecule has 2 N–H and O–H groups in total. The van der Waals surface area contributed by atoms with Crippen molar-refractivity contribution in [3.05, 3.63) is 24.3 Å². The third-order valence-corrected chi connectivity index (χ3v) is 5.24. The van der Waals surface area contributed by atoms with Gasteiger partial charge >= 0.3 is 0 Å². The van der Waals surface area contributed by atoms with Crippen molar-refractivity contribution in [3.8, 4) is 0 Å². The minimum absolute atomic E-state index is 0.0483. The highest BCUT2D eigenvalue weighted by atomic mass is 32.8. The molecule has 11 heteroatoms. The SMILES string of the molecule is CCC.CN(C)CC(=O)N(C)c1ccc(N2CCC(N(O)S(=O)(O)=S)C2=O)cc1. The lowest BCUT2D eigenvalue weighted by molar-refractivity contribution is -0.128. The molecule has 2 rings (SSSR count). The fraction of sp³-hybridized carbons (Fsp3) is 0.556. The van der Waals surface area contributed by atoms with Crippen molar-refractivity contribution in [1.29, 1.82) is 0 Å². The summed E-state index contributed by atoms with van der Waals surface area (Å²) >= 11 is 4.30. The number of benzene rings is 1. The molecule has 1 aromatic carbocycles. The molecule has 164 valence electrons. The number of hydrogen-bond donors (Lipinski definition) is 2. The molecule has 29 heavy (non-hydrogen) atoms. The van der Waals surface area contributed by atoms with Gasteiger partial charge in [-0.05, 0) is 44.8 Å². The predicted octanol–water partition coefficient (Wildman–Crippen LogP) is 1.56. The fourth-order valence-corrected chi connectivity index (χ4v) is 3.49. The van der Waals surface area contributed by atoms with Crippen LogP contribution in [0.1, 0.15) is 26.7 Å². The molecule has 2 unspecified atom stereocenters. The monoisotopic (exact) mass is 446 g/mol. The summed E-state index contributed by atoms with van der Waals surface area (Å²) in [5.74, 6) is -0.581. The van der Waals surface area contributed by atoms with Crippen LogP contribution >= 0.6 is 0 Å². The lowest BCUT2D eigenvalue weighted by Crippen LogP contribution is -2.42. The summed E-state index contributed by atoms with van der Waals surface area (Å²) in [4.78, 5) is 29.2. The minimum Gasteiger partial charge on any atom is -0.314 e. The minimum atomic E-state index is -4.04. The second-order valence-electron chi connectivity index (χ2n) is 6.96. The van der Waals surface area contributed by atoms with Crippen molar-refractivity contribution in [2.45, 2.75) is 32.7 Å². The number of carbonyl (C=O) groups excluding carboxylic acids is 2. The first kappa shape index (κ1) is 25.4. The molecule has 0 radical (unpaired) electrons. The Morgan fingerprint density at radius 2 is 1.76 bits per heavy atom. The molecule has 2 atom stereocenters. The van der Waals surface area contributed by atoms with Gasteiger partial charge in [-0.2, -0.15) is 0 Å². The van der Waals surface area contributed by atoms with E-state index in [1.54, 1.807) is 36.2 Å². The zero-order valence-electron chi connectivity index (χ0n) is 17.4. The number of carbonyl (C=O) groups is 2. The van der Waals surface area contributed by atoms with Crippen molar-refractivity contribution >= 4 is 43.3 Å². The van der Waals surface area contributed by atoms with Gasteiger partial charge in [-0.3, -0.25) is 19.3 Å². The topological polar surface area (TPSA) is 105 Å². The largest absolute Gasteiger partial charge is 0.314 e. The summed E-state index contributed by atoms with van der Waals surface area (Å²) in [6.07, 6.45) is 1.42. The molecular weight excluding hydrogens is 416 g/mol. The molecule has 1 fully saturated rings. The molecule has 9 nitrogen and oxygen atoms in total. The predicted molar refractivity (Wildman–Crippen MR) is 117 cm³/mol. The molecule has 0 spiro atoms. The van der Waals surface area contributed by atoms with Gasteiger partial charge in [0.2, 0.25) is 20.8 Å². The number of amides is 2. The van der Waals surface area contributed by atoms with Gasteiger partial charge in [0, 0.05) is 36.2 Å². The highest BCUT2D eigenvalue weighted by Gasteiger charge is 2.39. The first-order valence-corrected chi connectivity index (χ1v) is 11.6.